The minimum Gasteiger partial charge on any atom is -0.407 e. The number of carbonyl (C=O) groups is 1. The number of carbonyl (C=O) groups excluding carboxylic acids is 1. The minimum atomic E-state index is -2.53. The Morgan fingerprint density at radius 3 is 1.74 bits per heavy atom. The Hall–Kier alpha value is -1.42. The molecule has 0 aliphatic rings. The summed E-state index contributed by atoms with van der Waals surface area (Å²) in [6.45, 7) is 6.97. The summed E-state index contributed by atoms with van der Waals surface area (Å²) in [6.07, 6.45) is 0.228. The summed E-state index contributed by atoms with van der Waals surface area (Å²) < 4.78 is 6.51. The van der Waals surface area contributed by atoms with Crippen molar-refractivity contribution in [3.05, 3.63) is 60.7 Å². The molecule has 23 heavy (non-hydrogen) atoms. The Morgan fingerprint density at radius 1 is 0.957 bits per heavy atom. The summed E-state index contributed by atoms with van der Waals surface area (Å²) in [5.41, 5.74) is 0. The Morgan fingerprint density at radius 2 is 1.39 bits per heavy atom. The molecule has 0 N–H and O–H groups in total. The second-order valence-corrected chi connectivity index (χ2v) is 11.3. The fourth-order valence-corrected chi connectivity index (χ4v) is 7.69. The van der Waals surface area contributed by atoms with Gasteiger partial charge in [-0.2, -0.15) is 0 Å². The lowest BCUT2D eigenvalue weighted by Crippen LogP contribution is -2.66. The van der Waals surface area contributed by atoms with Crippen molar-refractivity contribution in [1.82, 2.24) is 0 Å². The van der Waals surface area contributed by atoms with Gasteiger partial charge in [0.15, 0.2) is 0 Å². The van der Waals surface area contributed by atoms with Crippen LogP contribution in [0, 0.1) is 0 Å². The number of halogens is 1. The summed E-state index contributed by atoms with van der Waals surface area (Å²) in [6, 6.07) is 20.7. The van der Waals surface area contributed by atoms with Crippen molar-refractivity contribution in [2.75, 3.05) is 6.61 Å². The zero-order valence-electron chi connectivity index (χ0n) is 13.9. The lowest BCUT2D eigenvalue weighted by Gasteiger charge is -2.43. The quantitative estimate of drug-likeness (QED) is 0.588. The third-order valence-electron chi connectivity index (χ3n) is 4.03. The number of benzene rings is 2. The molecule has 0 bridgehead atoms. The van der Waals surface area contributed by atoms with Crippen LogP contribution in [0.3, 0.4) is 0 Å². The van der Waals surface area contributed by atoms with E-state index < -0.39 is 8.32 Å². The van der Waals surface area contributed by atoms with Gasteiger partial charge in [0.2, 0.25) is 5.24 Å². The van der Waals surface area contributed by atoms with Crippen LogP contribution in [0.4, 0.5) is 0 Å². The van der Waals surface area contributed by atoms with E-state index in [4.69, 9.17) is 16.0 Å². The SMILES string of the molecule is CC(C)(C)[Si](OCCC(=O)Cl)(c1ccccc1)c1ccccc1. The van der Waals surface area contributed by atoms with E-state index in [1.807, 2.05) is 36.4 Å². The number of hydrogen-bond acceptors (Lipinski definition) is 2. The molecule has 0 aromatic heterocycles. The lowest BCUT2D eigenvalue weighted by atomic mass is 10.2. The zero-order valence-corrected chi connectivity index (χ0v) is 15.6. The molecule has 2 aromatic rings. The Kier molecular flexibility index (Phi) is 5.79. The molecule has 0 saturated heterocycles. The molecule has 0 amide bonds. The summed E-state index contributed by atoms with van der Waals surface area (Å²) >= 11 is 5.51. The maximum atomic E-state index is 11.2. The standard InChI is InChI=1S/C19H23ClO2Si/c1-19(2,3)23(22-15-14-18(20)21,16-10-6-4-7-11-16)17-12-8-5-9-13-17/h4-13H,14-15H2,1-3H3. The molecule has 2 nitrogen and oxygen atoms in total. The predicted octanol–water partition coefficient (Wildman–Crippen LogP) is 3.72. The third-order valence-corrected chi connectivity index (χ3v) is 9.27. The van der Waals surface area contributed by atoms with Gasteiger partial charge in [-0.1, -0.05) is 81.4 Å². The second-order valence-electron chi connectivity index (χ2n) is 6.62. The molecule has 0 spiro atoms. The van der Waals surface area contributed by atoms with Gasteiger partial charge in [-0.15, -0.1) is 0 Å². The van der Waals surface area contributed by atoms with E-state index in [1.165, 1.54) is 10.4 Å². The van der Waals surface area contributed by atoms with Crippen molar-refractivity contribution in [3.63, 3.8) is 0 Å². The van der Waals surface area contributed by atoms with E-state index in [2.05, 4.69) is 45.0 Å². The third kappa shape index (κ3) is 3.92. The normalized spacial score (nSPS) is 12.2. The molecule has 0 heterocycles. The maximum Gasteiger partial charge on any atom is 0.261 e. The van der Waals surface area contributed by atoms with Gasteiger partial charge >= 0.3 is 0 Å². The zero-order chi connectivity index (χ0) is 16.9. The molecule has 2 rings (SSSR count). The molecule has 122 valence electrons. The van der Waals surface area contributed by atoms with Crippen LogP contribution in [0.25, 0.3) is 0 Å². The first-order chi connectivity index (χ1) is 10.9. The fraction of sp³-hybridized carbons (Fsp3) is 0.316. The smallest absolute Gasteiger partial charge is 0.261 e. The molecule has 0 aliphatic heterocycles. The van der Waals surface area contributed by atoms with Crippen LogP contribution in [-0.2, 0) is 9.22 Å². The highest BCUT2D eigenvalue weighted by atomic mass is 35.5. The van der Waals surface area contributed by atoms with Gasteiger partial charge in [-0.25, -0.2) is 0 Å². The molecular formula is C19H23ClO2Si. The van der Waals surface area contributed by atoms with Crippen molar-refractivity contribution in [1.29, 1.82) is 0 Å². The fourth-order valence-electron chi connectivity index (χ4n) is 3.05. The summed E-state index contributed by atoms with van der Waals surface area (Å²) in [5, 5.41) is 1.98. The van der Waals surface area contributed by atoms with Gasteiger partial charge in [-0.05, 0) is 27.0 Å². The Bertz CT molecular complexity index is 596. The van der Waals surface area contributed by atoms with Crippen molar-refractivity contribution in [2.24, 2.45) is 0 Å². The molecule has 0 aliphatic carbocycles. The van der Waals surface area contributed by atoms with E-state index in [0.29, 0.717) is 6.61 Å². The first-order valence-corrected chi connectivity index (χ1v) is 10.1. The molecule has 0 fully saturated rings. The van der Waals surface area contributed by atoms with Crippen molar-refractivity contribution < 1.29 is 9.22 Å². The first-order valence-electron chi connectivity index (χ1n) is 7.81. The largest absolute Gasteiger partial charge is 0.407 e. The van der Waals surface area contributed by atoms with Crippen molar-refractivity contribution >= 4 is 35.5 Å². The number of hydrogen-bond donors (Lipinski definition) is 0. The minimum absolute atomic E-state index is 0.0783. The van der Waals surface area contributed by atoms with Gasteiger partial charge in [0.25, 0.3) is 8.32 Å². The molecule has 0 saturated carbocycles. The van der Waals surface area contributed by atoms with Crippen LogP contribution in [0.5, 0.6) is 0 Å². The van der Waals surface area contributed by atoms with E-state index in [0.717, 1.165) is 0 Å². The molecule has 0 atom stereocenters. The summed E-state index contributed by atoms with van der Waals surface area (Å²) in [4.78, 5) is 11.2. The highest BCUT2D eigenvalue weighted by Crippen LogP contribution is 2.36. The van der Waals surface area contributed by atoms with E-state index in [9.17, 15) is 4.79 Å². The summed E-state index contributed by atoms with van der Waals surface area (Å²) in [7, 11) is -2.53. The van der Waals surface area contributed by atoms with Crippen LogP contribution in [0.2, 0.25) is 5.04 Å². The Labute approximate surface area is 144 Å². The van der Waals surface area contributed by atoms with Gasteiger partial charge in [0.1, 0.15) is 0 Å². The highest BCUT2D eigenvalue weighted by Gasteiger charge is 2.49. The van der Waals surface area contributed by atoms with Crippen LogP contribution >= 0.6 is 11.6 Å². The van der Waals surface area contributed by atoms with Crippen molar-refractivity contribution in [2.45, 2.75) is 32.2 Å². The van der Waals surface area contributed by atoms with Crippen molar-refractivity contribution in [3.8, 4) is 0 Å². The molecule has 0 radical (unpaired) electrons. The van der Waals surface area contributed by atoms with Crippen LogP contribution < -0.4 is 10.4 Å². The topological polar surface area (TPSA) is 26.3 Å². The van der Waals surface area contributed by atoms with E-state index >= 15 is 0 Å². The first kappa shape index (κ1) is 17.9. The van der Waals surface area contributed by atoms with Gasteiger partial charge in [0, 0.05) is 13.0 Å². The highest BCUT2D eigenvalue weighted by molar-refractivity contribution is 6.99. The lowest BCUT2D eigenvalue weighted by molar-refractivity contribution is -0.112. The average Bonchev–Trinajstić information content (AvgIpc) is 2.52. The van der Waals surface area contributed by atoms with Crippen LogP contribution in [-0.4, -0.2) is 20.2 Å². The average molecular weight is 347 g/mol. The van der Waals surface area contributed by atoms with E-state index in [-0.39, 0.29) is 16.7 Å². The monoisotopic (exact) mass is 346 g/mol. The molecule has 2 aromatic carbocycles. The molecule has 4 heteroatoms. The maximum absolute atomic E-state index is 11.2. The second kappa shape index (κ2) is 7.43. The van der Waals surface area contributed by atoms with Gasteiger partial charge in [-0.3, -0.25) is 4.79 Å². The van der Waals surface area contributed by atoms with Crippen LogP contribution in [0.15, 0.2) is 60.7 Å². The Balaban J connectivity index is 2.57. The molecular weight excluding hydrogens is 324 g/mol. The van der Waals surface area contributed by atoms with E-state index in [1.54, 1.807) is 0 Å². The van der Waals surface area contributed by atoms with Gasteiger partial charge < -0.3 is 4.43 Å². The number of rotatable bonds is 6. The van der Waals surface area contributed by atoms with Gasteiger partial charge in [0.05, 0.1) is 0 Å². The predicted molar refractivity (Wildman–Crippen MR) is 99.1 cm³/mol. The van der Waals surface area contributed by atoms with Crippen LogP contribution in [0.1, 0.15) is 27.2 Å². The molecule has 0 unspecified atom stereocenters. The summed E-state index contributed by atoms with van der Waals surface area (Å²) in [5.74, 6) is 0.